The van der Waals surface area contributed by atoms with Crippen LogP contribution in [-0.4, -0.2) is 24.1 Å². The molecule has 0 aliphatic heterocycles. The Labute approximate surface area is 131 Å². The maximum atomic E-state index is 12.5. The summed E-state index contributed by atoms with van der Waals surface area (Å²) < 4.78 is 40.8. The van der Waals surface area contributed by atoms with E-state index >= 15 is 0 Å². The van der Waals surface area contributed by atoms with E-state index in [2.05, 4.69) is 0 Å². The molecule has 4 unspecified atom stereocenters. The first-order valence-electron chi connectivity index (χ1n) is 7.66. The van der Waals surface area contributed by atoms with Crippen LogP contribution in [0.15, 0.2) is 0 Å². The molecule has 8 heteroatoms. The zero-order valence-corrected chi connectivity index (χ0v) is 13.1. The number of ether oxygens (including phenoxy) is 1. The molecule has 0 amide bonds. The quantitative estimate of drug-likeness (QED) is 0.474. The second-order valence-electron chi connectivity index (χ2n) is 7.07. The fourth-order valence-corrected chi connectivity index (χ4v) is 5.25. The van der Waals surface area contributed by atoms with Crippen LogP contribution in [0.3, 0.4) is 0 Å². The van der Waals surface area contributed by atoms with E-state index in [0.29, 0.717) is 17.8 Å². The Bertz CT molecular complexity index is 445. The van der Waals surface area contributed by atoms with Crippen LogP contribution in [0.5, 0.6) is 0 Å². The number of quaternary nitrogens is 1. The average molecular weight is 339 g/mol. The third kappa shape index (κ3) is 2.97. The van der Waals surface area contributed by atoms with Gasteiger partial charge in [-0.2, -0.15) is 13.2 Å². The zero-order chi connectivity index (χ0) is 16.1. The van der Waals surface area contributed by atoms with Crippen LogP contribution in [0.4, 0.5) is 13.2 Å². The summed E-state index contributed by atoms with van der Waals surface area (Å²) in [4.78, 5) is 12.5. The van der Waals surface area contributed by atoms with Crippen LogP contribution in [0.2, 0.25) is 0 Å². The predicted octanol–water partition coefficient (Wildman–Crippen LogP) is 2.30. The summed E-state index contributed by atoms with van der Waals surface area (Å²) in [7, 11) is 0. The van der Waals surface area contributed by atoms with Gasteiger partial charge in [-0.25, -0.2) is 0 Å². The molecule has 4 bridgehead atoms. The van der Waals surface area contributed by atoms with Gasteiger partial charge in [0.2, 0.25) is 0 Å². The number of carbonyl (C=O) groups excluding carboxylic acids is 1. The topological polar surface area (TPSA) is 53.8 Å². The molecule has 126 valence electrons. The van der Waals surface area contributed by atoms with Crippen molar-refractivity contribution >= 4 is 17.9 Å². The maximum absolute atomic E-state index is 12.5. The Morgan fingerprint density at radius 3 is 2.50 bits per heavy atom. The van der Waals surface area contributed by atoms with E-state index in [1.807, 2.05) is 0 Å². The zero-order valence-electron chi connectivity index (χ0n) is 12.3. The number of hydrogen-bond acceptors (Lipinski definition) is 4. The molecule has 0 spiro atoms. The summed E-state index contributed by atoms with van der Waals surface area (Å²) in [6, 6.07) is -0.942. The summed E-state index contributed by atoms with van der Waals surface area (Å²) >= 11 is -0.656. The van der Waals surface area contributed by atoms with E-state index in [1.165, 1.54) is 13.3 Å². The van der Waals surface area contributed by atoms with Crippen molar-refractivity contribution in [3.63, 3.8) is 0 Å². The number of carbonyl (C=O) groups is 1. The molecule has 4 aliphatic rings. The van der Waals surface area contributed by atoms with Crippen molar-refractivity contribution < 1.29 is 27.2 Å². The smallest absolute Gasteiger partial charge is 0.496 e. The first-order chi connectivity index (χ1) is 10.2. The molecule has 0 heterocycles. The number of rotatable bonds is 5. The molecule has 4 nitrogen and oxygen atoms in total. The van der Waals surface area contributed by atoms with Gasteiger partial charge in [0.25, 0.3) is 0 Å². The third-order valence-electron chi connectivity index (χ3n) is 5.48. The summed E-state index contributed by atoms with van der Waals surface area (Å²) in [6.07, 6.45) is 5.05. The molecule has 4 atom stereocenters. The van der Waals surface area contributed by atoms with Gasteiger partial charge in [0.05, 0.1) is 5.41 Å². The molecule has 4 aliphatic carbocycles. The van der Waals surface area contributed by atoms with Crippen LogP contribution in [-0.2, 0) is 9.53 Å². The molecule has 0 saturated heterocycles. The lowest BCUT2D eigenvalue weighted by Gasteiger charge is -2.32. The number of hydroxylamine groups is 1. The third-order valence-corrected chi connectivity index (χ3v) is 6.31. The van der Waals surface area contributed by atoms with Crippen LogP contribution in [0.25, 0.3) is 0 Å². The number of nitrogens with one attached hydrogen (secondary N) is 1. The molecule has 0 aromatic heterocycles. The first-order valence-corrected chi connectivity index (χ1v) is 8.48. The second kappa shape index (κ2) is 5.56. The normalized spacial score (nSPS) is 39.0. The van der Waals surface area contributed by atoms with Gasteiger partial charge in [0, 0.05) is 0 Å². The molecule has 0 radical (unpaired) electrons. The van der Waals surface area contributed by atoms with Crippen LogP contribution in [0.1, 0.15) is 39.0 Å². The van der Waals surface area contributed by atoms with Gasteiger partial charge < -0.3 is 9.94 Å². The highest BCUT2D eigenvalue weighted by atomic mass is 32.2. The van der Waals surface area contributed by atoms with Crippen LogP contribution < -0.4 is 4.47 Å². The number of hydrogen-bond donors (Lipinski definition) is 1. The second-order valence-corrected chi connectivity index (χ2v) is 8.14. The van der Waals surface area contributed by atoms with Gasteiger partial charge in [0.15, 0.2) is 11.9 Å². The highest BCUT2D eigenvalue weighted by Crippen LogP contribution is 2.65. The van der Waals surface area contributed by atoms with E-state index in [1.54, 1.807) is 0 Å². The Hall–Kier alpha value is -0.470. The summed E-state index contributed by atoms with van der Waals surface area (Å²) in [6.45, 7) is 1.11. The van der Waals surface area contributed by atoms with E-state index in [4.69, 9.17) is 4.74 Å². The molecule has 0 aromatic carbocycles. The van der Waals surface area contributed by atoms with E-state index in [0.717, 1.165) is 25.7 Å². The summed E-state index contributed by atoms with van der Waals surface area (Å²) in [5, 5.41) is 11.4. The minimum atomic E-state index is -4.59. The van der Waals surface area contributed by atoms with Crippen molar-refractivity contribution in [2.24, 2.45) is 23.2 Å². The Morgan fingerprint density at radius 1 is 1.36 bits per heavy atom. The molecular formula is C14H20F3NO3S. The van der Waals surface area contributed by atoms with Crippen molar-refractivity contribution in [3.8, 4) is 0 Å². The maximum Gasteiger partial charge on any atom is 0.496 e. The van der Waals surface area contributed by atoms with Crippen molar-refractivity contribution in [2.75, 3.05) is 6.61 Å². The van der Waals surface area contributed by atoms with Crippen molar-refractivity contribution in [1.82, 2.24) is 0 Å². The standard InChI is InChI=1S/C14H20F3NO3S/c1-8(18(20)22-14(15,16)17)7-21-12(19)13-5-9-2-10(6-13)4-11(13)3-9/h8-11,18H,2-7H2,1H3. The molecule has 4 saturated carbocycles. The molecule has 4 rings (SSSR count). The van der Waals surface area contributed by atoms with Gasteiger partial charge in [-0.05, 0) is 56.8 Å². The minimum absolute atomic E-state index is 0.259. The number of esters is 1. The lowest BCUT2D eigenvalue weighted by Crippen LogP contribution is -3.05. The molecule has 1 N–H and O–H groups in total. The van der Waals surface area contributed by atoms with Gasteiger partial charge >= 0.3 is 11.5 Å². The fourth-order valence-electron chi connectivity index (χ4n) is 4.76. The average Bonchev–Trinajstić information content (AvgIpc) is 2.79. The Kier molecular flexibility index (Phi) is 4.14. The van der Waals surface area contributed by atoms with Gasteiger partial charge in [-0.3, -0.25) is 9.26 Å². The summed E-state index contributed by atoms with van der Waals surface area (Å²) in [5.41, 5.74) is -5.00. The first kappa shape index (κ1) is 16.4. The Morgan fingerprint density at radius 2 is 1.95 bits per heavy atom. The monoisotopic (exact) mass is 339 g/mol. The summed E-state index contributed by atoms with van der Waals surface area (Å²) in [5.74, 6) is 1.29. The SMILES string of the molecule is CC(COC(=O)C12CC3CC(CC1C3)C2)[NH+]([O-])SC(F)(F)F. The van der Waals surface area contributed by atoms with Crippen molar-refractivity contribution in [2.45, 2.75) is 50.6 Å². The number of halogens is 3. The largest absolute Gasteiger partial charge is 0.621 e. The van der Waals surface area contributed by atoms with Gasteiger partial charge in [-0.1, -0.05) is 0 Å². The highest BCUT2D eigenvalue weighted by molar-refractivity contribution is 7.93. The minimum Gasteiger partial charge on any atom is -0.621 e. The van der Waals surface area contributed by atoms with Gasteiger partial charge in [-0.15, -0.1) is 0 Å². The number of alkyl halides is 3. The lowest BCUT2D eigenvalue weighted by atomic mass is 9.75. The predicted molar refractivity (Wildman–Crippen MR) is 74.4 cm³/mol. The fraction of sp³-hybridized carbons (Fsp3) is 0.929. The van der Waals surface area contributed by atoms with E-state index in [9.17, 15) is 23.2 Å². The van der Waals surface area contributed by atoms with E-state index < -0.39 is 33.4 Å². The van der Waals surface area contributed by atoms with Crippen molar-refractivity contribution in [1.29, 1.82) is 0 Å². The van der Waals surface area contributed by atoms with E-state index in [-0.39, 0.29) is 12.6 Å². The molecule has 0 aromatic rings. The lowest BCUT2D eigenvalue weighted by molar-refractivity contribution is -0.729. The highest BCUT2D eigenvalue weighted by Gasteiger charge is 2.62. The molecule has 22 heavy (non-hydrogen) atoms. The molecule has 4 fully saturated rings. The molecular weight excluding hydrogens is 319 g/mol. The van der Waals surface area contributed by atoms with Crippen molar-refractivity contribution in [3.05, 3.63) is 5.21 Å². The van der Waals surface area contributed by atoms with Crippen LogP contribution in [0, 0.1) is 28.4 Å². The van der Waals surface area contributed by atoms with Gasteiger partial charge in [0.1, 0.15) is 12.6 Å². The Balaban J connectivity index is 1.53. The van der Waals surface area contributed by atoms with Crippen LogP contribution >= 0.6 is 11.9 Å².